The minimum absolute atomic E-state index is 0.261. The van der Waals surface area contributed by atoms with Gasteiger partial charge in [0, 0.05) is 0 Å². The van der Waals surface area contributed by atoms with Crippen molar-refractivity contribution in [3.8, 4) is 11.1 Å². The van der Waals surface area contributed by atoms with Crippen molar-refractivity contribution in [2.75, 3.05) is 0 Å². The van der Waals surface area contributed by atoms with Crippen LogP contribution in [0.4, 0.5) is 0 Å². The molecule has 3 rings (SSSR count). The van der Waals surface area contributed by atoms with Gasteiger partial charge in [0.25, 0.3) is 5.91 Å². The first-order valence-corrected chi connectivity index (χ1v) is 7.60. The third-order valence-corrected chi connectivity index (χ3v) is 3.77. The molecule has 2 aromatic carbocycles. The van der Waals surface area contributed by atoms with E-state index in [0.29, 0.717) is 17.0 Å². The Hall–Kier alpha value is -3.27. The largest absolute Gasteiger partial charge is 0.469 e. The maximum atomic E-state index is 12.0. The smallest absolute Gasteiger partial charge is 0.273 e. The topological polar surface area (TPSA) is 54.3 Å². The zero-order chi connectivity index (χ0) is 16.9. The second kappa shape index (κ2) is 6.87. The summed E-state index contributed by atoms with van der Waals surface area (Å²) in [6.07, 6.45) is 1.49. The fourth-order valence-corrected chi connectivity index (χ4v) is 2.39. The molecule has 24 heavy (non-hydrogen) atoms. The molecule has 1 heterocycles. The number of carbonyl (C=O) groups excluding carboxylic acids is 1. The fraction of sp³-hybridized carbons (Fsp3) is 0.0500. The lowest BCUT2D eigenvalue weighted by Crippen LogP contribution is -2.35. The summed E-state index contributed by atoms with van der Waals surface area (Å²) in [6.45, 7) is 5.70. The van der Waals surface area contributed by atoms with Gasteiger partial charge in [-0.25, -0.2) is 0 Å². The van der Waals surface area contributed by atoms with Gasteiger partial charge in [0.1, 0.15) is 5.76 Å². The molecule has 0 radical (unpaired) electrons. The summed E-state index contributed by atoms with van der Waals surface area (Å²) >= 11 is 0. The highest BCUT2D eigenvalue weighted by Gasteiger charge is 2.11. The van der Waals surface area contributed by atoms with Crippen LogP contribution < -0.4 is 10.9 Å². The van der Waals surface area contributed by atoms with Crippen molar-refractivity contribution in [1.82, 2.24) is 10.9 Å². The molecule has 0 aliphatic rings. The van der Waals surface area contributed by atoms with E-state index in [1.807, 2.05) is 42.5 Å². The second-order valence-corrected chi connectivity index (χ2v) is 5.39. The lowest BCUT2D eigenvalue weighted by atomic mass is 10.0. The van der Waals surface area contributed by atoms with Crippen molar-refractivity contribution < 1.29 is 9.21 Å². The normalized spacial score (nSPS) is 10.2. The first-order valence-electron chi connectivity index (χ1n) is 7.60. The Morgan fingerprint density at radius 3 is 2.21 bits per heavy atom. The van der Waals surface area contributed by atoms with Crippen LogP contribution in [0.5, 0.6) is 0 Å². The Labute approximate surface area is 140 Å². The number of rotatable bonds is 5. The molecular weight excluding hydrogens is 300 g/mol. The molecule has 0 fully saturated rings. The zero-order valence-corrected chi connectivity index (χ0v) is 13.4. The predicted octanol–water partition coefficient (Wildman–Crippen LogP) is 4.16. The quantitative estimate of drug-likeness (QED) is 0.695. The van der Waals surface area contributed by atoms with Crippen molar-refractivity contribution in [2.45, 2.75) is 6.92 Å². The second-order valence-electron chi connectivity index (χ2n) is 5.39. The van der Waals surface area contributed by atoms with Gasteiger partial charge in [0.2, 0.25) is 0 Å². The lowest BCUT2D eigenvalue weighted by molar-refractivity contribution is 0.0941. The Bertz CT molecular complexity index is 849. The van der Waals surface area contributed by atoms with Crippen molar-refractivity contribution in [3.63, 3.8) is 0 Å². The van der Waals surface area contributed by atoms with Crippen LogP contribution in [0, 0.1) is 6.92 Å². The van der Waals surface area contributed by atoms with Gasteiger partial charge in [-0.05, 0) is 29.7 Å². The number of amides is 1. The molecule has 0 unspecified atom stereocenters. The minimum atomic E-state index is -0.261. The van der Waals surface area contributed by atoms with Crippen LogP contribution in [-0.2, 0) is 0 Å². The molecule has 1 amide bonds. The molecule has 1 aromatic heterocycles. The number of hydrogen-bond donors (Lipinski definition) is 2. The summed E-state index contributed by atoms with van der Waals surface area (Å²) in [5.74, 6) is 0.315. The van der Waals surface area contributed by atoms with Gasteiger partial charge >= 0.3 is 0 Å². The first kappa shape index (κ1) is 15.6. The van der Waals surface area contributed by atoms with Gasteiger partial charge in [-0.1, -0.05) is 61.2 Å². The van der Waals surface area contributed by atoms with Crippen LogP contribution in [0.15, 0.2) is 77.9 Å². The number of hydrazine groups is 1. The van der Waals surface area contributed by atoms with E-state index in [1.165, 1.54) is 6.26 Å². The monoisotopic (exact) mass is 318 g/mol. The lowest BCUT2D eigenvalue weighted by Gasteiger charge is -2.11. The summed E-state index contributed by atoms with van der Waals surface area (Å²) < 4.78 is 5.12. The SMILES string of the molecule is C=C(NNC(=O)c1ccoc1C)c1ccc(-c2ccccc2)cc1. The summed E-state index contributed by atoms with van der Waals surface area (Å²) in [5.41, 5.74) is 9.76. The maximum Gasteiger partial charge on any atom is 0.273 e. The Morgan fingerprint density at radius 2 is 1.58 bits per heavy atom. The van der Waals surface area contributed by atoms with Gasteiger partial charge in [-0.15, -0.1) is 0 Å². The molecule has 0 atom stereocenters. The molecule has 0 saturated heterocycles. The highest BCUT2D eigenvalue weighted by atomic mass is 16.3. The van der Waals surface area contributed by atoms with Crippen LogP contribution in [0.1, 0.15) is 21.7 Å². The maximum absolute atomic E-state index is 12.0. The molecule has 0 aliphatic carbocycles. The van der Waals surface area contributed by atoms with E-state index in [2.05, 4.69) is 29.6 Å². The highest BCUT2D eigenvalue weighted by Crippen LogP contribution is 2.20. The predicted molar refractivity (Wildman–Crippen MR) is 95.0 cm³/mol. The third-order valence-electron chi connectivity index (χ3n) is 3.77. The molecule has 2 N–H and O–H groups in total. The van der Waals surface area contributed by atoms with E-state index in [0.717, 1.165) is 16.7 Å². The van der Waals surface area contributed by atoms with Crippen LogP contribution >= 0.6 is 0 Å². The van der Waals surface area contributed by atoms with Crippen LogP contribution in [-0.4, -0.2) is 5.91 Å². The van der Waals surface area contributed by atoms with Gasteiger partial charge < -0.3 is 4.42 Å². The number of furan rings is 1. The molecule has 120 valence electrons. The Balaban J connectivity index is 1.63. The van der Waals surface area contributed by atoms with Gasteiger partial charge in [0.15, 0.2) is 0 Å². The van der Waals surface area contributed by atoms with Gasteiger partial charge in [0.05, 0.1) is 17.5 Å². The highest BCUT2D eigenvalue weighted by molar-refractivity contribution is 5.95. The number of aryl methyl sites for hydroxylation is 1. The standard InChI is InChI=1S/C20H18N2O2/c1-14(21-22-20(23)19-12-13-24-15(19)2)16-8-10-18(11-9-16)17-6-4-3-5-7-17/h3-13,21H,1H2,2H3,(H,22,23). The van der Waals surface area contributed by atoms with Crippen molar-refractivity contribution >= 4 is 11.6 Å². The average Bonchev–Trinajstić information content (AvgIpc) is 3.06. The summed E-state index contributed by atoms with van der Waals surface area (Å²) in [4.78, 5) is 12.0. The Kier molecular flexibility index (Phi) is 4.47. The van der Waals surface area contributed by atoms with Crippen molar-refractivity contribution in [2.24, 2.45) is 0 Å². The number of benzene rings is 2. The number of nitrogens with one attached hydrogen (secondary N) is 2. The van der Waals surface area contributed by atoms with Crippen molar-refractivity contribution in [1.29, 1.82) is 0 Å². The minimum Gasteiger partial charge on any atom is -0.469 e. The van der Waals surface area contributed by atoms with E-state index >= 15 is 0 Å². The molecule has 0 aliphatic heterocycles. The van der Waals surface area contributed by atoms with Crippen LogP contribution in [0.25, 0.3) is 16.8 Å². The molecular formula is C20H18N2O2. The molecule has 3 aromatic rings. The number of hydrogen-bond acceptors (Lipinski definition) is 3. The Morgan fingerprint density at radius 1 is 0.917 bits per heavy atom. The molecule has 0 spiro atoms. The summed E-state index contributed by atoms with van der Waals surface area (Å²) in [5, 5.41) is 0. The van der Waals surface area contributed by atoms with Crippen molar-refractivity contribution in [3.05, 3.63) is 90.4 Å². The fourth-order valence-electron chi connectivity index (χ4n) is 2.39. The van der Waals surface area contributed by atoms with E-state index < -0.39 is 0 Å². The van der Waals surface area contributed by atoms with E-state index in [4.69, 9.17) is 4.42 Å². The molecule has 4 nitrogen and oxygen atoms in total. The van der Waals surface area contributed by atoms with E-state index in [1.54, 1.807) is 13.0 Å². The van der Waals surface area contributed by atoms with Gasteiger partial charge in [-0.3, -0.25) is 15.6 Å². The molecule has 4 heteroatoms. The van der Waals surface area contributed by atoms with Crippen LogP contribution in [0.2, 0.25) is 0 Å². The van der Waals surface area contributed by atoms with Gasteiger partial charge in [-0.2, -0.15) is 0 Å². The average molecular weight is 318 g/mol. The first-order chi connectivity index (χ1) is 11.6. The number of carbonyl (C=O) groups is 1. The third kappa shape index (κ3) is 3.38. The summed E-state index contributed by atoms with van der Waals surface area (Å²) in [6, 6.07) is 19.8. The molecule has 0 saturated carbocycles. The van der Waals surface area contributed by atoms with Crippen LogP contribution in [0.3, 0.4) is 0 Å². The molecule has 0 bridgehead atoms. The zero-order valence-electron chi connectivity index (χ0n) is 13.4. The van der Waals surface area contributed by atoms with E-state index in [-0.39, 0.29) is 5.91 Å². The van der Waals surface area contributed by atoms with E-state index in [9.17, 15) is 4.79 Å². The summed E-state index contributed by atoms with van der Waals surface area (Å²) in [7, 11) is 0.